The monoisotopic (exact) mass is 327 g/mol. The molecule has 0 spiro atoms. The fourth-order valence-electron chi connectivity index (χ4n) is 2.62. The molecule has 2 rings (SSSR count). The van der Waals surface area contributed by atoms with Gasteiger partial charge in [-0.05, 0) is 49.9 Å². The summed E-state index contributed by atoms with van der Waals surface area (Å²) >= 11 is 3.39. The topological polar surface area (TPSA) is 43.7 Å². The van der Waals surface area contributed by atoms with Crippen molar-refractivity contribution in [1.82, 2.24) is 4.90 Å². The molecule has 1 fully saturated rings. The molecule has 106 valence electrons. The zero-order valence-corrected chi connectivity index (χ0v) is 12.9. The summed E-state index contributed by atoms with van der Waals surface area (Å²) in [6, 6.07) is 7.82. The maximum absolute atomic E-state index is 10.2. The summed E-state index contributed by atoms with van der Waals surface area (Å²) in [5.41, 5.74) is 0.967. The average Bonchev–Trinajstić information content (AvgIpc) is 2.86. The number of aliphatic hydroxyl groups is 2. The minimum Gasteiger partial charge on any atom is -0.393 e. The molecule has 4 heteroatoms. The quantitative estimate of drug-likeness (QED) is 0.873. The van der Waals surface area contributed by atoms with Crippen LogP contribution in [0.2, 0.25) is 0 Å². The first kappa shape index (κ1) is 15.0. The van der Waals surface area contributed by atoms with E-state index < -0.39 is 6.10 Å². The Morgan fingerprint density at radius 2 is 2.00 bits per heavy atom. The van der Waals surface area contributed by atoms with E-state index in [0.717, 1.165) is 42.5 Å². The Morgan fingerprint density at radius 1 is 1.32 bits per heavy atom. The third-order valence-electron chi connectivity index (χ3n) is 3.96. The average molecular weight is 328 g/mol. The van der Waals surface area contributed by atoms with Gasteiger partial charge in [0.1, 0.15) is 0 Å². The second-order valence-corrected chi connectivity index (χ2v) is 6.36. The molecular weight excluding hydrogens is 306 g/mol. The maximum atomic E-state index is 10.2. The first-order chi connectivity index (χ1) is 9.06. The van der Waals surface area contributed by atoms with Gasteiger partial charge in [-0.3, -0.25) is 0 Å². The molecule has 3 atom stereocenters. The van der Waals surface area contributed by atoms with E-state index in [2.05, 4.69) is 20.8 Å². The molecule has 1 aliphatic heterocycles. The highest BCUT2D eigenvalue weighted by Crippen LogP contribution is 2.23. The molecule has 0 aliphatic carbocycles. The number of halogens is 1. The van der Waals surface area contributed by atoms with Gasteiger partial charge in [-0.25, -0.2) is 0 Å². The third-order valence-corrected chi connectivity index (χ3v) is 4.49. The largest absolute Gasteiger partial charge is 0.393 e. The molecule has 2 N–H and O–H groups in total. The lowest BCUT2D eigenvalue weighted by Gasteiger charge is -2.19. The number of aliphatic hydroxyl groups excluding tert-OH is 2. The third kappa shape index (κ3) is 4.28. The lowest BCUT2D eigenvalue weighted by molar-refractivity contribution is 0.121. The molecule has 3 nitrogen and oxygen atoms in total. The molecule has 0 radical (unpaired) electrons. The van der Waals surface area contributed by atoms with Crippen LogP contribution in [0.4, 0.5) is 0 Å². The van der Waals surface area contributed by atoms with Gasteiger partial charge >= 0.3 is 0 Å². The summed E-state index contributed by atoms with van der Waals surface area (Å²) < 4.78 is 1.03. The summed E-state index contributed by atoms with van der Waals surface area (Å²) in [5, 5.41) is 19.7. The number of hydrogen-bond donors (Lipinski definition) is 2. The summed E-state index contributed by atoms with van der Waals surface area (Å²) in [6.45, 7) is 4.73. The lowest BCUT2D eigenvalue weighted by Crippen LogP contribution is -2.26. The van der Waals surface area contributed by atoms with Gasteiger partial charge in [-0.15, -0.1) is 0 Å². The van der Waals surface area contributed by atoms with Crippen molar-refractivity contribution in [2.45, 2.75) is 32.0 Å². The zero-order valence-electron chi connectivity index (χ0n) is 11.3. The number of benzene rings is 1. The highest BCUT2D eigenvalue weighted by atomic mass is 79.9. The van der Waals surface area contributed by atoms with Gasteiger partial charge in [0.05, 0.1) is 12.2 Å². The van der Waals surface area contributed by atoms with Gasteiger partial charge in [-0.1, -0.05) is 28.1 Å². The molecule has 19 heavy (non-hydrogen) atoms. The highest BCUT2D eigenvalue weighted by molar-refractivity contribution is 9.10. The number of hydrogen-bond acceptors (Lipinski definition) is 3. The van der Waals surface area contributed by atoms with Gasteiger partial charge in [0, 0.05) is 17.6 Å². The van der Waals surface area contributed by atoms with E-state index in [-0.39, 0.29) is 6.10 Å². The van der Waals surface area contributed by atoms with Crippen LogP contribution in [-0.4, -0.2) is 40.9 Å². The van der Waals surface area contributed by atoms with E-state index in [4.69, 9.17) is 0 Å². The zero-order chi connectivity index (χ0) is 13.8. The Morgan fingerprint density at radius 3 is 2.58 bits per heavy atom. The SMILES string of the molecule is CC(O)C1CCN(CCC(O)c2ccc(Br)cc2)C1. The second kappa shape index (κ2) is 6.84. The van der Waals surface area contributed by atoms with E-state index in [1.807, 2.05) is 31.2 Å². The van der Waals surface area contributed by atoms with E-state index >= 15 is 0 Å². The van der Waals surface area contributed by atoms with Crippen LogP contribution in [0.1, 0.15) is 31.4 Å². The maximum Gasteiger partial charge on any atom is 0.0802 e. The smallest absolute Gasteiger partial charge is 0.0802 e. The van der Waals surface area contributed by atoms with Crippen LogP contribution >= 0.6 is 15.9 Å². The summed E-state index contributed by atoms with van der Waals surface area (Å²) in [6.07, 6.45) is 1.18. The summed E-state index contributed by atoms with van der Waals surface area (Å²) in [5.74, 6) is 0.393. The van der Waals surface area contributed by atoms with Crippen molar-refractivity contribution in [3.8, 4) is 0 Å². The van der Waals surface area contributed by atoms with Crippen molar-refractivity contribution >= 4 is 15.9 Å². The molecule has 0 aromatic heterocycles. The molecule has 1 heterocycles. The summed E-state index contributed by atoms with van der Waals surface area (Å²) in [7, 11) is 0. The van der Waals surface area contributed by atoms with E-state index in [1.54, 1.807) is 0 Å². The minimum absolute atomic E-state index is 0.221. The van der Waals surface area contributed by atoms with E-state index in [1.165, 1.54) is 0 Å². The lowest BCUT2D eigenvalue weighted by atomic mass is 10.0. The van der Waals surface area contributed by atoms with Gasteiger partial charge in [0.2, 0.25) is 0 Å². The van der Waals surface area contributed by atoms with Crippen LogP contribution in [0.3, 0.4) is 0 Å². The Bertz CT molecular complexity index is 394. The fraction of sp³-hybridized carbons (Fsp3) is 0.600. The predicted octanol–water partition coefficient (Wildman–Crippen LogP) is 2.58. The molecule has 0 saturated carbocycles. The van der Waals surface area contributed by atoms with Crippen molar-refractivity contribution in [3.63, 3.8) is 0 Å². The molecular formula is C15H22BrNO2. The van der Waals surface area contributed by atoms with E-state index in [9.17, 15) is 10.2 Å². The van der Waals surface area contributed by atoms with Crippen molar-refractivity contribution in [2.75, 3.05) is 19.6 Å². The predicted molar refractivity (Wildman–Crippen MR) is 79.9 cm³/mol. The van der Waals surface area contributed by atoms with E-state index in [0.29, 0.717) is 5.92 Å². The molecule has 0 bridgehead atoms. The van der Waals surface area contributed by atoms with Gasteiger partial charge in [-0.2, -0.15) is 0 Å². The number of likely N-dealkylation sites (tertiary alicyclic amines) is 1. The molecule has 1 aliphatic rings. The van der Waals surface area contributed by atoms with Gasteiger partial charge in [0.25, 0.3) is 0 Å². The van der Waals surface area contributed by atoms with Crippen molar-refractivity contribution < 1.29 is 10.2 Å². The van der Waals surface area contributed by atoms with Crippen molar-refractivity contribution in [2.24, 2.45) is 5.92 Å². The van der Waals surface area contributed by atoms with Crippen LogP contribution in [0.5, 0.6) is 0 Å². The van der Waals surface area contributed by atoms with Crippen molar-refractivity contribution in [1.29, 1.82) is 0 Å². The van der Waals surface area contributed by atoms with Crippen LogP contribution in [0, 0.1) is 5.92 Å². The van der Waals surface area contributed by atoms with Crippen LogP contribution in [-0.2, 0) is 0 Å². The first-order valence-corrected chi connectivity index (χ1v) is 7.69. The Hall–Kier alpha value is -0.420. The molecule has 1 aromatic carbocycles. The molecule has 0 amide bonds. The standard InChI is InChI=1S/C15H22BrNO2/c1-11(18)13-6-8-17(10-13)9-7-15(19)12-2-4-14(16)5-3-12/h2-5,11,13,15,18-19H,6-10H2,1H3. The van der Waals surface area contributed by atoms with Crippen LogP contribution in [0.15, 0.2) is 28.7 Å². The molecule has 1 aromatic rings. The highest BCUT2D eigenvalue weighted by Gasteiger charge is 2.25. The summed E-state index contributed by atoms with van der Waals surface area (Å²) in [4.78, 5) is 2.33. The first-order valence-electron chi connectivity index (χ1n) is 6.90. The Balaban J connectivity index is 1.78. The second-order valence-electron chi connectivity index (χ2n) is 5.45. The molecule has 1 saturated heterocycles. The fourth-order valence-corrected chi connectivity index (χ4v) is 2.88. The van der Waals surface area contributed by atoms with Gasteiger partial charge < -0.3 is 15.1 Å². The Labute approximate surface area is 123 Å². The van der Waals surface area contributed by atoms with Gasteiger partial charge in [0.15, 0.2) is 0 Å². The number of rotatable bonds is 5. The minimum atomic E-state index is -0.404. The van der Waals surface area contributed by atoms with Crippen LogP contribution in [0.25, 0.3) is 0 Å². The Kier molecular flexibility index (Phi) is 5.39. The van der Waals surface area contributed by atoms with Crippen LogP contribution < -0.4 is 0 Å². The van der Waals surface area contributed by atoms with Crippen molar-refractivity contribution in [3.05, 3.63) is 34.3 Å². The normalized spacial score (nSPS) is 23.5. The molecule has 3 unspecified atom stereocenters. The number of nitrogens with zero attached hydrogens (tertiary/aromatic N) is 1.